The number of nitrogens with one attached hydrogen (secondary N) is 1. The summed E-state index contributed by atoms with van der Waals surface area (Å²) in [5.41, 5.74) is 0.126. The number of rotatable bonds is 5. The summed E-state index contributed by atoms with van der Waals surface area (Å²) in [7, 11) is 0. The van der Waals surface area contributed by atoms with Crippen molar-refractivity contribution in [3.63, 3.8) is 0 Å². The molecule has 0 aromatic heterocycles. The lowest BCUT2D eigenvalue weighted by atomic mass is 9.84. The number of carboxylic acid groups (broad SMARTS) is 1. The van der Waals surface area contributed by atoms with E-state index in [9.17, 15) is 19.1 Å². The maximum Gasteiger partial charge on any atom is 0.308 e. The summed E-state index contributed by atoms with van der Waals surface area (Å²) < 4.78 is 13.3. The standard InChI is InChI=1S/C15H19BrFNO3/c1-15(2,3)7-9(14(20)21)8-18-13(19)11-5-4-10(17)6-12(11)16/h4-6,9H,7-8H2,1-3H3,(H,18,19)(H,20,21). The first-order chi connectivity index (χ1) is 9.60. The Morgan fingerprint density at radius 2 is 2.00 bits per heavy atom. The van der Waals surface area contributed by atoms with Crippen LogP contribution < -0.4 is 5.32 Å². The molecule has 0 heterocycles. The van der Waals surface area contributed by atoms with Gasteiger partial charge in [-0.1, -0.05) is 20.8 Å². The minimum atomic E-state index is -0.941. The minimum absolute atomic E-state index is 0.0370. The number of aliphatic carboxylic acids is 1. The van der Waals surface area contributed by atoms with E-state index in [2.05, 4.69) is 21.2 Å². The van der Waals surface area contributed by atoms with Crippen LogP contribution in [0.2, 0.25) is 0 Å². The molecule has 4 nitrogen and oxygen atoms in total. The topological polar surface area (TPSA) is 66.4 Å². The van der Waals surface area contributed by atoms with Crippen LogP contribution in [0.25, 0.3) is 0 Å². The molecular weight excluding hydrogens is 341 g/mol. The Morgan fingerprint density at radius 3 is 2.48 bits per heavy atom. The van der Waals surface area contributed by atoms with Gasteiger partial charge in [0.25, 0.3) is 5.91 Å². The smallest absolute Gasteiger partial charge is 0.308 e. The third kappa shape index (κ3) is 5.83. The van der Waals surface area contributed by atoms with E-state index in [0.29, 0.717) is 10.9 Å². The van der Waals surface area contributed by atoms with E-state index >= 15 is 0 Å². The first-order valence-corrected chi connectivity index (χ1v) is 7.35. The van der Waals surface area contributed by atoms with Crippen LogP contribution in [0.5, 0.6) is 0 Å². The summed E-state index contributed by atoms with van der Waals surface area (Å²) in [6.45, 7) is 5.87. The first-order valence-electron chi connectivity index (χ1n) is 6.56. The van der Waals surface area contributed by atoms with Crippen molar-refractivity contribution in [1.29, 1.82) is 0 Å². The van der Waals surface area contributed by atoms with Crippen molar-refractivity contribution < 1.29 is 19.1 Å². The monoisotopic (exact) mass is 359 g/mol. The van der Waals surface area contributed by atoms with Crippen molar-refractivity contribution in [1.82, 2.24) is 5.32 Å². The fourth-order valence-corrected chi connectivity index (χ4v) is 2.50. The molecule has 1 unspecified atom stereocenters. The van der Waals surface area contributed by atoms with Gasteiger partial charge in [0.05, 0.1) is 11.5 Å². The quantitative estimate of drug-likeness (QED) is 0.845. The van der Waals surface area contributed by atoms with Crippen molar-refractivity contribution >= 4 is 27.8 Å². The second kappa shape index (κ2) is 7.02. The number of carboxylic acids is 1. The highest BCUT2D eigenvalue weighted by molar-refractivity contribution is 9.10. The van der Waals surface area contributed by atoms with Crippen LogP contribution in [0.15, 0.2) is 22.7 Å². The SMILES string of the molecule is CC(C)(C)CC(CNC(=O)c1ccc(F)cc1Br)C(=O)O. The molecule has 2 N–H and O–H groups in total. The van der Waals surface area contributed by atoms with Gasteiger partial charge in [-0.3, -0.25) is 9.59 Å². The Kier molecular flexibility index (Phi) is 5.89. The summed E-state index contributed by atoms with van der Waals surface area (Å²) >= 11 is 3.12. The molecule has 0 aliphatic carbocycles. The summed E-state index contributed by atoms with van der Waals surface area (Å²) in [5.74, 6) is -2.48. The van der Waals surface area contributed by atoms with E-state index in [1.165, 1.54) is 18.2 Å². The summed E-state index contributed by atoms with van der Waals surface area (Å²) in [6, 6.07) is 3.73. The zero-order valence-corrected chi connectivity index (χ0v) is 13.8. The Hall–Kier alpha value is -1.43. The molecule has 6 heteroatoms. The van der Waals surface area contributed by atoms with Gasteiger partial charge in [-0.2, -0.15) is 0 Å². The second-order valence-corrected chi connectivity index (χ2v) is 6.99. The van der Waals surface area contributed by atoms with E-state index in [1.807, 2.05) is 20.8 Å². The predicted molar refractivity (Wildman–Crippen MR) is 81.6 cm³/mol. The van der Waals surface area contributed by atoms with Gasteiger partial charge in [0, 0.05) is 11.0 Å². The lowest BCUT2D eigenvalue weighted by Crippen LogP contribution is -2.35. The largest absolute Gasteiger partial charge is 0.481 e. The van der Waals surface area contributed by atoms with E-state index in [1.54, 1.807) is 0 Å². The van der Waals surface area contributed by atoms with Gasteiger partial charge in [-0.05, 0) is 46.0 Å². The molecule has 1 amide bonds. The molecule has 0 saturated carbocycles. The molecule has 116 valence electrons. The lowest BCUT2D eigenvalue weighted by Gasteiger charge is -2.23. The van der Waals surface area contributed by atoms with E-state index in [-0.39, 0.29) is 17.5 Å². The molecule has 1 aromatic rings. The number of halogens is 2. The van der Waals surface area contributed by atoms with Crippen LogP contribution in [0.4, 0.5) is 4.39 Å². The average Bonchev–Trinajstić information content (AvgIpc) is 2.32. The minimum Gasteiger partial charge on any atom is -0.481 e. The van der Waals surface area contributed by atoms with Gasteiger partial charge in [0.15, 0.2) is 0 Å². The molecule has 0 bridgehead atoms. The molecule has 1 atom stereocenters. The van der Waals surface area contributed by atoms with Gasteiger partial charge >= 0.3 is 5.97 Å². The van der Waals surface area contributed by atoms with Gasteiger partial charge in [0.2, 0.25) is 0 Å². The van der Waals surface area contributed by atoms with Crippen LogP contribution in [0, 0.1) is 17.2 Å². The second-order valence-electron chi connectivity index (χ2n) is 6.13. The summed E-state index contributed by atoms with van der Waals surface area (Å²) in [6.07, 6.45) is 0.452. The fraction of sp³-hybridized carbons (Fsp3) is 0.467. The zero-order chi connectivity index (χ0) is 16.2. The summed E-state index contributed by atoms with van der Waals surface area (Å²) in [5, 5.41) is 11.8. The fourth-order valence-electron chi connectivity index (χ4n) is 1.97. The molecule has 21 heavy (non-hydrogen) atoms. The van der Waals surface area contributed by atoms with Crippen molar-refractivity contribution in [3.8, 4) is 0 Å². The zero-order valence-electron chi connectivity index (χ0n) is 12.2. The molecule has 1 aromatic carbocycles. The average molecular weight is 360 g/mol. The van der Waals surface area contributed by atoms with Crippen LogP contribution in [0.3, 0.4) is 0 Å². The molecule has 1 rings (SSSR count). The third-order valence-electron chi connectivity index (χ3n) is 2.89. The molecule has 0 radical (unpaired) electrons. The van der Waals surface area contributed by atoms with Crippen LogP contribution in [-0.2, 0) is 4.79 Å². The van der Waals surface area contributed by atoms with Crippen molar-refractivity contribution in [3.05, 3.63) is 34.1 Å². The Balaban J connectivity index is 2.71. The molecule has 0 aliphatic heterocycles. The van der Waals surface area contributed by atoms with Gasteiger partial charge in [0.1, 0.15) is 5.82 Å². The normalized spacial score (nSPS) is 12.8. The van der Waals surface area contributed by atoms with E-state index < -0.39 is 23.6 Å². The molecule has 0 saturated heterocycles. The number of carbonyl (C=O) groups is 2. The molecule has 0 spiro atoms. The maximum absolute atomic E-state index is 13.0. The highest BCUT2D eigenvalue weighted by Crippen LogP contribution is 2.24. The Labute approximate surface area is 131 Å². The number of hydrogen-bond donors (Lipinski definition) is 2. The maximum atomic E-state index is 13.0. The number of benzene rings is 1. The van der Waals surface area contributed by atoms with Gasteiger partial charge in [-0.15, -0.1) is 0 Å². The lowest BCUT2D eigenvalue weighted by molar-refractivity contribution is -0.142. The van der Waals surface area contributed by atoms with Crippen LogP contribution >= 0.6 is 15.9 Å². The number of hydrogen-bond acceptors (Lipinski definition) is 2. The predicted octanol–water partition coefficient (Wildman–Crippen LogP) is 3.46. The van der Waals surface area contributed by atoms with Crippen molar-refractivity contribution in [2.24, 2.45) is 11.3 Å². The van der Waals surface area contributed by atoms with Crippen LogP contribution in [-0.4, -0.2) is 23.5 Å². The Bertz CT molecular complexity index is 540. The Morgan fingerprint density at radius 1 is 1.38 bits per heavy atom. The summed E-state index contributed by atoms with van der Waals surface area (Å²) in [4.78, 5) is 23.2. The molecule has 0 fully saturated rings. The van der Waals surface area contributed by atoms with Crippen molar-refractivity contribution in [2.45, 2.75) is 27.2 Å². The number of carbonyl (C=O) groups excluding carboxylic acids is 1. The van der Waals surface area contributed by atoms with E-state index in [4.69, 9.17) is 0 Å². The van der Waals surface area contributed by atoms with E-state index in [0.717, 1.165) is 0 Å². The van der Waals surface area contributed by atoms with Gasteiger partial charge < -0.3 is 10.4 Å². The third-order valence-corrected chi connectivity index (χ3v) is 3.55. The molecule has 0 aliphatic rings. The number of amides is 1. The first kappa shape index (κ1) is 17.6. The molecular formula is C15H19BrFNO3. The highest BCUT2D eigenvalue weighted by atomic mass is 79.9. The highest BCUT2D eigenvalue weighted by Gasteiger charge is 2.25. The van der Waals surface area contributed by atoms with Crippen molar-refractivity contribution in [2.75, 3.05) is 6.54 Å². The van der Waals surface area contributed by atoms with Crippen LogP contribution in [0.1, 0.15) is 37.6 Å². The van der Waals surface area contributed by atoms with Gasteiger partial charge in [-0.25, -0.2) is 4.39 Å².